The van der Waals surface area contributed by atoms with E-state index < -0.39 is 0 Å². The number of unbranched alkanes of at least 4 members (excludes halogenated alkanes) is 2. The maximum Gasteiger partial charge on any atom is 0.309 e. The van der Waals surface area contributed by atoms with Gasteiger partial charge in [-0.05, 0) is 56.4 Å². The maximum atomic E-state index is 12.4. The number of hydrogen-bond acceptors (Lipinski definition) is 5. The summed E-state index contributed by atoms with van der Waals surface area (Å²) in [4.78, 5) is 48.8. The van der Waals surface area contributed by atoms with Crippen LogP contribution in [0.2, 0.25) is 0 Å². The normalized spacial score (nSPS) is 23.0. The highest BCUT2D eigenvalue weighted by molar-refractivity contribution is 5.99. The topological polar surface area (TPSA) is 89.5 Å². The first-order valence-corrected chi connectivity index (χ1v) is 11.1. The lowest BCUT2D eigenvalue weighted by atomic mass is 9.67. The second kappa shape index (κ2) is 10.5. The molecule has 1 amide bonds. The number of nitrogens with one attached hydrogen (secondary N) is 1. The highest BCUT2D eigenvalue weighted by atomic mass is 16.5. The van der Waals surface area contributed by atoms with Crippen LogP contribution in [-0.4, -0.2) is 30.0 Å². The van der Waals surface area contributed by atoms with Crippen LogP contribution in [0.3, 0.4) is 0 Å². The van der Waals surface area contributed by atoms with Gasteiger partial charge in [-0.1, -0.05) is 26.2 Å². The lowest BCUT2D eigenvalue weighted by Gasteiger charge is -2.36. The molecular weight excluding hydrogens is 382 g/mol. The van der Waals surface area contributed by atoms with Crippen molar-refractivity contribution in [3.8, 4) is 0 Å². The number of Topliss-reactive ketones (excluding diaryl/α,β-unsaturated/α-hetero) is 2. The van der Waals surface area contributed by atoms with Crippen molar-refractivity contribution in [1.82, 2.24) is 0 Å². The van der Waals surface area contributed by atoms with E-state index in [1.807, 2.05) is 0 Å². The van der Waals surface area contributed by atoms with Gasteiger partial charge in [-0.25, -0.2) is 0 Å². The van der Waals surface area contributed by atoms with Gasteiger partial charge in [-0.15, -0.1) is 0 Å². The first kappa shape index (κ1) is 22.2. The molecule has 0 heterocycles. The Labute approximate surface area is 177 Å². The zero-order valence-corrected chi connectivity index (χ0v) is 17.7. The molecule has 0 aromatic heterocycles. The molecule has 1 N–H and O–H groups in total. The summed E-state index contributed by atoms with van der Waals surface area (Å²) in [5.74, 6) is -0.701. The lowest BCUT2D eigenvalue weighted by Crippen LogP contribution is -2.39. The van der Waals surface area contributed by atoms with E-state index in [-0.39, 0.29) is 42.0 Å². The van der Waals surface area contributed by atoms with Gasteiger partial charge in [0.2, 0.25) is 5.91 Å². The molecule has 0 saturated heterocycles. The third-order valence-electron chi connectivity index (χ3n) is 6.22. The highest BCUT2D eigenvalue weighted by Crippen LogP contribution is 2.40. The Hall–Kier alpha value is -2.50. The van der Waals surface area contributed by atoms with E-state index in [9.17, 15) is 19.2 Å². The van der Waals surface area contributed by atoms with Gasteiger partial charge < -0.3 is 10.1 Å². The van der Waals surface area contributed by atoms with Gasteiger partial charge in [0.05, 0.1) is 5.92 Å². The molecule has 6 nitrogen and oxygen atoms in total. The van der Waals surface area contributed by atoms with E-state index in [4.69, 9.17) is 4.74 Å². The number of anilines is 1. The number of amides is 1. The minimum Gasteiger partial charge on any atom is -0.457 e. The average Bonchev–Trinajstić information content (AvgIpc) is 2.72. The van der Waals surface area contributed by atoms with Gasteiger partial charge in [-0.2, -0.15) is 0 Å². The number of esters is 1. The van der Waals surface area contributed by atoms with E-state index in [2.05, 4.69) is 12.2 Å². The molecule has 2 fully saturated rings. The van der Waals surface area contributed by atoms with Crippen molar-refractivity contribution in [2.75, 3.05) is 11.9 Å². The van der Waals surface area contributed by atoms with Crippen molar-refractivity contribution in [2.45, 2.75) is 64.7 Å². The number of ketones is 2. The Balaban J connectivity index is 1.45. The Kier molecular flexibility index (Phi) is 7.77. The number of hydrogen-bond donors (Lipinski definition) is 1. The van der Waals surface area contributed by atoms with Crippen molar-refractivity contribution in [3.63, 3.8) is 0 Å². The van der Waals surface area contributed by atoms with E-state index >= 15 is 0 Å². The van der Waals surface area contributed by atoms with Crippen LogP contribution in [0.5, 0.6) is 0 Å². The van der Waals surface area contributed by atoms with Crippen LogP contribution < -0.4 is 5.32 Å². The molecule has 2 aliphatic rings. The third-order valence-corrected chi connectivity index (χ3v) is 6.22. The van der Waals surface area contributed by atoms with E-state index in [0.29, 0.717) is 36.3 Å². The van der Waals surface area contributed by atoms with Gasteiger partial charge in [0.15, 0.2) is 12.4 Å². The summed E-state index contributed by atoms with van der Waals surface area (Å²) < 4.78 is 5.28. The van der Waals surface area contributed by atoms with Crippen LogP contribution in [0.1, 0.15) is 75.1 Å². The molecule has 0 aliphatic heterocycles. The number of fused-ring (bicyclic) bond motifs is 2. The Morgan fingerprint density at radius 2 is 1.70 bits per heavy atom. The Morgan fingerprint density at radius 1 is 1.03 bits per heavy atom. The molecule has 0 spiro atoms. The molecule has 0 radical (unpaired) electrons. The molecule has 3 rings (SSSR count). The number of benzene rings is 1. The fraction of sp³-hybridized carbons (Fsp3) is 0.583. The summed E-state index contributed by atoms with van der Waals surface area (Å²) in [6.07, 6.45) is 7.31. The van der Waals surface area contributed by atoms with Gasteiger partial charge in [0, 0.05) is 29.5 Å². The van der Waals surface area contributed by atoms with Gasteiger partial charge in [0.25, 0.3) is 0 Å². The molecule has 1 aromatic rings. The van der Waals surface area contributed by atoms with Crippen LogP contribution in [0.4, 0.5) is 5.69 Å². The number of ether oxygens (including phenoxy) is 1. The summed E-state index contributed by atoms with van der Waals surface area (Å²) in [5.41, 5.74) is 1.07. The zero-order valence-electron chi connectivity index (χ0n) is 17.7. The van der Waals surface area contributed by atoms with Gasteiger partial charge in [0.1, 0.15) is 5.78 Å². The standard InChI is InChI=1S/C24H31NO5/c1-2-3-4-8-22(27)25-20-11-9-16(10-12-20)21(26)15-30-24(29)19-13-17-6-5-7-18(14-19)23(17)28/h9-12,17-19H,2-8,13-15H2,1H3,(H,25,27)/t17-,18-/m1/s1. The predicted molar refractivity (Wildman–Crippen MR) is 113 cm³/mol. The SMILES string of the molecule is CCCCCC(=O)Nc1ccc(C(=O)COC(=O)C2C[C@H]3CCC[C@H](C2)C3=O)cc1. The summed E-state index contributed by atoms with van der Waals surface area (Å²) in [7, 11) is 0. The van der Waals surface area contributed by atoms with E-state index in [0.717, 1.165) is 38.5 Å². The summed E-state index contributed by atoms with van der Waals surface area (Å²) >= 11 is 0. The largest absolute Gasteiger partial charge is 0.457 e. The van der Waals surface area contributed by atoms with Crippen molar-refractivity contribution in [3.05, 3.63) is 29.8 Å². The Bertz CT molecular complexity index is 769. The molecule has 2 aliphatic carbocycles. The van der Waals surface area contributed by atoms with Crippen LogP contribution >= 0.6 is 0 Å². The lowest BCUT2D eigenvalue weighted by molar-refractivity contribution is -0.152. The van der Waals surface area contributed by atoms with Crippen LogP contribution in [0.25, 0.3) is 0 Å². The average molecular weight is 414 g/mol. The van der Waals surface area contributed by atoms with E-state index in [1.165, 1.54) is 0 Å². The molecule has 30 heavy (non-hydrogen) atoms. The van der Waals surface area contributed by atoms with Crippen molar-refractivity contribution in [1.29, 1.82) is 0 Å². The monoisotopic (exact) mass is 413 g/mol. The first-order chi connectivity index (χ1) is 14.5. The van der Waals surface area contributed by atoms with E-state index in [1.54, 1.807) is 24.3 Å². The number of carbonyl (C=O) groups is 4. The molecule has 2 saturated carbocycles. The molecule has 0 unspecified atom stereocenters. The summed E-state index contributed by atoms with van der Waals surface area (Å²) in [6.45, 7) is 1.79. The highest BCUT2D eigenvalue weighted by Gasteiger charge is 2.41. The molecule has 2 atom stereocenters. The Morgan fingerprint density at radius 3 is 2.33 bits per heavy atom. The van der Waals surface area contributed by atoms with Crippen LogP contribution in [0.15, 0.2) is 24.3 Å². The molecule has 6 heteroatoms. The maximum absolute atomic E-state index is 12.4. The van der Waals surface area contributed by atoms with Crippen LogP contribution in [0, 0.1) is 17.8 Å². The first-order valence-electron chi connectivity index (χ1n) is 11.1. The fourth-order valence-corrected chi connectivity index (χ4v) is 4.51. The van der Waals surface area contributed by atoms with Crippen molar-refractivity contribution >= 4 is 29.1 Å². The molecule has 2 bridgehead atoms. The smallest absolute Gasteiger partial charge is 0.309 e. The minimum absolute atomic E-state index is 0.0181. The van der Waals surface area contributed by atoms with Crippen LogP contribution in [-0.2, 0) is 19.1 Å². The van der Waals surface area contributed by atoms with Crippen molar-refractivity contribution in [2.24, 2.45) is 17.8 Å². The quantitative estimate of drug-likeness (QED) is 0.370. The fourth-order valence-electron chi connectivity index (χ4n) is 4.51. The second-order valence-corrected chi connectivity index (χ2v) is 8.51. The summed E-state index contributed by atoms with van der Waals surface area (Å²) in [5, 5.41) is 2.82. The number of rotatable bonds is 9. The van der Waals surface area contributed by atoms with Gasteiger partial charge in [-0.3, -0.25) is 19.2 Å². The minimum atomic E-state index is -0.372. The third kappa shape index (κ3) is 5.77. The van der Waals surface area contributed by atoms with Crippen molar-refractivity contribution < 1.29 is 23.9 Å². The summed E-state index contributed by atoms with van der Waals surface area (Å²) in [6, 6.07) is 6.62. The molecule has 1 aromatic carbocycles. The second-order valence-electron chi connectivity index (χ2n) is 8.51. The predicted octanol–water partition coefficient (Wildman–Crippen LogP) is 4.33. The number of carbonyl (C=O) groups excluding carboxylic acids is 4. The molecule has 162 valence electrons. The zero-order chi connectivity index (χ0) is 21.5. The van der Waals surface area contributed by atoms with Gasteiger partial charge >= 0.3 is 5.97 Å². The molecular formula is C24H31NO5.